The number of para-hydroxylation sites is 1. The maximum Gasteiger partial charge on any atom is 0.240 e. The molecule has 0 unspecified atom stereocenters. The first-order valence-electron chi connectivity index (χ1n) is 7.67. The Morgan fingerprint density at radius 1 is 1.00 bits per heavy atom. The minimum atomic E-state index is -1.33. The van der Waals surface area contributed by atoms with Crippen LogP contribution in [0.25, 0.3) is 0 Å². The van der Waals surface area contributed by atoms with Crippen molar-refractivity contribution in [3.8, 4) is 0 Å². The van der Waals surface area contributed by atoms with E-state index in [0.29, 0.717) is 29.1 Å². The van der Waals surface area contributed by atoms with Crippen molar-refractivity contribution in [3.05, 3.63) is 58.6 Å². The van der Waals surface area contributed by atoms with Gasteiger partial charge in [0.1, 0.15) is 22.7 Å². The van der Waals surface area contributed by atoms with Crippen LogP contribution in [-0.4, -0.2) is 11.8 Å². The zero-order chi connectivity index (χ0) is 18.2. The van der Waals surface area contributed by atoms with E-state index in [4.69, 9.17) is 11.6 Å². The Kier molecular flexibility index (Phi) is 4.47. The van der Waals surface area contributed by atoms with Gasteiger partial charge in [0.2, 0.25) is 11.8 Å². The molecule has 0 spiro atoms. The second-order valence-electron chi connectivity index (χ2n) is 6.00. The van der Waals surface area contributed by atoms with Crippen molar-refractivity contribution in [1.82, 2.24) is 0 Å². The van der Waals surface area contributed by atoms with E-state index in [1.54, 1.807) is 25.1 Å². The fraction of sp³-hybridized carbons (Fsp3) is 0.222. The molecule has 2 amide bonds. The first kappa shape index (κ1) is 17.4. The van der Waals surface area contributed by atoms with E-state index in [0.717, 1.165) is 12.1 Å². The Hall–Kier alpha value is -2.47. The van der Waals surface area contributed by atoms with Gasteiger partial charge in [-0.3, -0.25) is 9.59 Å². The first-order valence-corrected chi connectivity index (χ1v) is 8.05. The van der Waals surface area contributed by atoms with Crippen molar-refractivity contribution in [1.29, 1.82) is 0 Å². The van der Waals surface area contributed by atoms with Crippen LogP contribution in [-0.2, 0) is 9.59 Å². The van der Waals surface area contributed by atoms with Crippen LogP contribution in [0.4, 0.5) is 20.2 Å². The number of benzene rings is 2. The van der Waals surface area contributed by atoms with Gasteiger partial charge >= 0.3 is 0 Å². The molecule has 130 valence electrons. The van der Waals surface area contributed by atoms with Crippen molar-refractivity contribution in [2.24, 2.45) is 5.41 Å². The number of nitrogens with one attached hydrogen (secondary N) is 2. The first-order chi connectivity index (χ1) is 11.8. The highest BCUT2D eigenvalue weighted by atomic mass is 35.5. The van der Waals surface area contributed by atoms with E-state index in [-0.39, 0.29) is 0 Å². The summed E-state index contributed by atoms with van der Waals surface area (Å²) in [6.07, 6.45) is 0.612. The highest BCUT2D eigenvalue weighted by molar-refractivity contribution is 6.31. The Morgan fingerprint density at radius 2 is 1.56 bits per heavy atom. The molecule has 1 aliphatic rings. The monoisotopic (exact) mass is 364 g/mol. The predicted molar refractivity (Wildman–Crippen MR) is 91.5 cm³/mol. The maximum absolute atomic E-state index is 13.7. The number of halogens is 3. The molecule has 1 saturated carbocycles. The van der Waals surface area contributed by atoms with Crippen LogP contribution in [0.5, 0.6) is 0 Å². The van der Waals surface area contributed by atoms with E-state index < -0.39 is 34.6 Å². The van der Waals surface area contributed by atoms with Gasteiger partial charge in [-0.05, 0) is 49.6 Å². The summed E-state index contributed by atoms with van der Waals surface area (Å²) in [5.74, 6) is -3.04. The van der Waals surface area contributed by atoms with Gasteiger partial charge in [-0.15, -0.1) is 0 Å². The van der Waals surface area contributed by atoms with E-state index in [2.05, 4.69) is 10.6 Å². The van der Waals surface area contributed by atoms with Crippen LogP contribution in [0, 0.1) is 24.0 Å². The molecule has 3 rings (SSSR count). The molecule has 7 heteroatoms. The molecule has 2 aromatic rings. The van der Waals surface area contributed by atoms with Crippen molar-refractivity contribution in [2.75, 3.05) is 10.6 Å². The molecule has 4 nitrogen and oxygen atoms in total. The predicted octanol–water partition coefficient (Wildman–Crippen LogP) is 4.28. The third-order valence-electron chi connectivity index (χ3n) is 4.34. The fourth-order valence-electron chi connectivity index (χ4n) is 2.52. The number of amides is 2. The summed E-state index contributed by atoms with van der Waals surface area (Å²) in [4.78, 5) is 25.0. The zero-order valence-electron chi connectivity index (χ0n) is 13.3. The van der Waals surface area contributed by atoms with E-state index in [1.807, 2.05) is 0 Å². The number of hydrogen-bond donors (Lipinski definition) is 2. The minimum Gasteiger partial charge on any atom is -0.325 e. The molecule has 1 fully saturated rings. The third kappa shape index (κ3) is 3.22. The topological polar surface area (TPSA) is 58.2 Å². The van der Waals surface area contributed by atoms with E-state index in [1.165, 1.54) is 6.07 Å². The lowest BCUT2D eigenvalue weighted by Crippen LogP contribution is -2.36. The summed E-state index contributed by atoms with van der Waals surface area (Å²) in [6.45, 7) is 1.74. The summed E-state index contributed by atoms with van der Waals surface area (Å²) in [7, 11) is 0. The van der Waals surface area contributed by atoms with Crippen molar-refractivity contribution in [3.63, 3.8) is 0 Å². The molecule has 0 heterocycles. The van der Waals surface area contributed by atoms with Crippen molar-refractivity contribution < 1.29 is 18.4 Å². The van der Waals surface area contributed by atoms with Gasteiger partial charge in [0.05, 0.1) is 0 Å². The number of hydrogen-bond acceptors (Lipinski definition) is 2. The lowest BCUT2D eigenvalue weighted by Gasteiger charge is -2.17. The number of anilines is 2. The SMILES string of the molecule is Cc1c(Cl)cccc1NC(=O)C1(C(=O)Nc2c(F)cccc2F)CC1. The molecule has 0 aromatic heterocycles. The second kappa shape index (κ2) is 6.44. The van der Waals surface area contributed by atoms with Gasteiger partial charge in [0, 0.05) is 10.7 Å². The summed E-state index contributed by atoms with van der Waals surface area (Å²) in [5, 5.41) is 5.36. The fourth-order valence-corrected chi connectivity index (χ4v) is 2.69. The number of rotatable bonds is 4. The smallest absolute Gasteiger partial charge is 0.240 e. The van der Waals surface area contributed by atoms with Crippen molar-refractivity contribution in [2.45, 2.75) is 19.8 Å². The molecule has 0 saturated heterocycles. The quantitative estimate of drug-likeness (QED) is 0.795. The Balaban J connectivity index is 1.78. The lowest BCUT2D eigenvalue weighted by molar-refractivity contribution is -0.131. The average Bonchev–Trinajstić information content (AvgIpc) is 3.37. The number of carbonyl (C=O) groups is 2. The van der Waals surface area contributed by atoms with Gasteiger partial charge in [0.25, 0.3) is 0 Å². The summed E-state index contributed by atoms with van der Waals surface area (Å²) in [5.41, 5.74) is -0.711. The van der Waals surface area contributed by atoms with Crippen LogP contribution in [0.15, 0.2) is 36.4 Å². The molecule has 0 bridgehead atoms. The largest absolute Gasteiger partial charge is 0.325 e. The Morgan fingerprint density at radius 3 is 2.16 bits per heavy atom. The summed E-state index contributed by atoms with van der Waals surface area (Å²) >= 11 is 6.02. The van der Waals surface area contributed by atoms with Crippen LogP contribution >= 0.6 is 11.6 Å². The van der Waals surface area contributed by atoms with E-state index in [9.17, 15) is 18.4 Å². The Labute approximate surface area is 148 Å². The zero-order valence-corrected chi connectivity index (χ0v) is 14.1. The van der Waals surface area contributed by atoms with E-state index >= 15 is 0 Å². The maximum atomic E-state index is 13.7. The summed E-state index contributed by atoms with van der Waals surface area (Å²) in [6, 6.07) is 8.30. The molecule has 0 radical (unpaired) electrons. The van der Waals surface area contributed by atoms with Crippen LogP contribution in [0.3, 0.4) is 0 Å². The normalized spacial score (nSPS) is 14.7. The minimum absolute atomic E-state index is 0.306. The van der Waals surface area contributed by atoms with Gasteiger partial charge in [-0.1, -0.05) is 23.7 Å². The Bertz CT molecular complexity index is 846. The highest BCUT2D eigenvalue weighted by Crippen LogP contribution is 2.48. The molecular weight excluding hydrogens is 350 g/mol. The van der Waals surface area contributed by atoms with Gasteiger partial charge in [-0.25, -0.2) is 8.78 Å². The van der Waals surface area contributed by atoms with Crippen molar-refractivity contribution >= 4 is 34.8 Å². The second-order valence-corrected chi connectivity index (χ2v) is 6.41. The van der Waals surface area contributed by atoms with Crippen LogP contribution in [0.1, 0.15) is 18.4 Å². The molecular formula is C18H15ClF2N2O2. The van der Waals surface area contributed by atoms with Gasteiger partial charge < -0.3 is 10.6 Å². The molecule has 2 N–H and O–H groups in total. The third-order valence-corrected chi connectivity index (χ3v) is 4.75. The molecule has 1 aliphatic carbocycles. The van der Waals surface area contributed by atoms with Crippen LogP contribution < -0.4 is 10.6 Å². The molecule has 0 aliphatic heterocycles. The molecule has 0 atom stereocenters. The van der Waals surface area contributed by atoms with Crippen LogP contribution in [0.2, 0.25) is 5.02 Å². The van der Waals surface area contributed by atoms with Gasteiger partial charge in [-0.2, -0.15) is 0 Å². The molecule has 25 heavy (non-hydrogen) atoms. The average molecular weight is 365 g/mol. The van der Waals surface area contributed by atoms with Gasteiger partial charge in [0.15, 0.2) is 0 Å². The molecule has 2 aromatic carbocycles. The number of carbonyl (C=O) groups excluding carboxylic acids is 2. The lowest BCUT2D eigenvalue weighted by atomic mass is 10.0. The standard InChI is InChI=1S/C18H15ClF2N2O2/c1-10-11(19)4-2-7-14(10)22-16(24)18(8-9-18)17(25)23-15-12(20)5-3-6-13(15)21/h2-7H,8-9H2,1H3,(H,22,24)(H,23,25). The highest BCUT2D eigenvalue weighted by Gasteiger charge is 2.56. The summed E-state index contributed by atoms with van der Waals surface area (Å²) < 4.78 is 27.4.